The summed E-state index contributed by atoms with van der Waals surface area (Å²) in [6, 6.07) is 6.27. The number of hydrogen-bond acceptors (Lipinski definition) is 4. The van der Waals surface area contributed by atoms with Gasteiger partial charge < -0.3 is 4.90 Å². The molecule has 1 atom stereocenters. The zero-order valence-corrected chi connectivity index (χ0v) is 14.8. The Bertz CT molecular complexity index is 749. The number of piperidine rings is 1. The molecule has 0 aromatic heterocycles. The molecule has 3 rings (SSSR count). The lowest BCUT2D eigenvalue weighted by Crippen LogP contribution is -2.38. The minimum Gasteiger partial charge on any atom is -0.339 e. The fourth-order valence-corrected chi connectivity index (χ4v) is 5.04. The summed E-state index contributed by atoms with van der Waals surface area (Å²) in [6.45, 7) is 5.29. The molecule has 1 aromatic carbocycles. The van der Waals surface area contributed by atoms with Crippen LogP contribution in [0.5, 0.6) is 0 Å². The molecular formula is C17H22N2O4S. The summed E-state index contributed by atoms with van der Waals surface area (Å²) in [7, 11) is -3.61. The van der Waals surface area contributed by atoms with Crippen LogP contribution in [-0.2, 0) is 14.8 Å². The molecule has 0 spiro atoms. The molecule has 2 amide bonds. The molecule has 6 nitrogen and oxygen atoms in total. The van der Waals surface area contributed by atoms with Crippen LogP contribution in [0, 0.1) is 11.8 Å². The maximum absolute atomic E-state index is 12.5. The molecule has 0 N–H and O–H groups in total. The lowest BCUT2D eigenvalue weighted by molar-refractivity contribution is -0.119. The van der Waals surface area contributed by atoms with E-state index >= 15 is 0 Å². The third-order valence-electron chi connectivity index (χ3n) is 4.78. The molecule has 24 heavy (non-hydrogen) atoms. The third kappa shape index (κ3) is 3.05. The molecule has 130 valence electrons. The number of nitrogens with zero attached hydrogens (tertiary/aromatic N) is 2. The van der Waals surface area contributed by atoms with E-state index in [-0.39, 0.29) is 11.7 Å². The van der Waals surface area contributed by atoms with Gasteiger partial charge in [0, 0.05) is 18.7 Å². The minimum atomic E-state index is -3.61. The molecule has 0 bridgehead atoms. The van der Waals surface area contributed by atoms with Crippen molar-refractivity contribution in [3.8, 4) is 0 Å². The van der Waals surface area contributed by atoms with E-state index in [0.717, 1.165) is 30.2 Å². The largest absolute Gasteiger partial charge is 0.339 e. The molecule has 7 heteroatoms. The van der Waals surface area contributed by atoms with Gasteiger partial charge in [-0.1, -0.05) is 13.8 Å². The van der Waals surface area contributed by atoms with E-state index in [1.54, 1.807) is 19.1 Å². The number of anilines is 1. The van der Waals surface area contributed by atoms with Crippen LogP contribution < -0.4 is 4.31 Å². The molecule has 2 aliphatic rings. The van der Waals surface area contributed by atoms with Crippen molar-refractivity contribution in [2.24, 2.45) is 11.8 Å². The Hall–Kier alpha value is -1.89. The van der Waals surface area contributed by atoms with Crippen molar-refractivity contribution in [2.75, 3.05) is 23.1 Å². The molecule has 0 aliphatic carbocycles. The lowest BCUT2D eigenvalue weighted by atomic mass is 9.98. The Morgan fingerprint density at radius 3 is 2.17 bits per heavy atom. The summed E-state index contributed by atoms with van der Waals surface area (Å²) in [6.07, 6.45) is 2.00. The molecule has 2 fully saturated rings. The fraction of sp³-hybridized carbons (Fsp3) is 0.529. The number of hydrogen-bond donors (Lipinski definition) is 0. The average molecular weight is 350 g/mol. The van der Waals surface area contributed by atoms with Gasteiger partial charge in [-0.15, -0.1) is 0 Å². The Labute approximate surface area is 142 Å². The van der Waals surface area contributed by atoms with Crippen molar-refractivity contribution in [3.63, 3.8) is 0 Å². The standard InChI is InChI=1S/C17H22N2O4S/c1-12-7-9-18(10-8-12)17(21)14-3-5-15(6-4-14)19-16(20)13(2)11-24(19,22)23/h3-6,12-13H,7-11H2,1-2H3/t13-/m1/s1. The van der Waals surface area contributed by atoms with Crippen molar-refractivity contribution in [1.82, 2.24) is 4.90 Å². The van der Waals surface area contributed by atoms with Crippen molar-refractivity contribution in [2.45, 2.75) is 26.7 Å². The summed E-state index contributed by atoms with van der Waals surface area (Å²) in [5.74, 6) is -0.522. The number of carbonyl (C=O) groups is 2. The second-order valence-electron chi connectivity index (χ2n) is 6.80. The number of amides is 2. The Kier molecular flexibility index (Phi) is 4.38. The fourth-order valence-electron chi connectivity index (χ4n) is 3.22. The van der Waals surface area contributed by atoms with E-state index < -0.39 is 21.8 Å². The first-order chi connectivity index (χ1) is 11.3. The zero-order chi connectivity index (χ0) is 17.5. The predicted molar refractivity (Wildman–Crippen MR) is 91.2 cm³/mol. The monoisotopic (exact) mass is 350 g/mol. The van der Waals surface area contributed by atoms with Crippen LogP contribution in [-0.4, -0.2) is 44.0 Å². The highest BCUT2D eigenvalue weighted by Gasteiger charge is 2.41. The first kappa shape index (κ1) is 17.0. The van der Waals surface area contributed by atoms with Crippen LogP contribution in [0.15, 0.2) is 24.3 Å². The first-order valence-corrected chi connectivity index (χ1v) is 9.86. The molecule has 2 saturated heterocycles. The number of benzene rings is 1. The second-order valence-corrected chi connectivity index (χ2v) is 8.67. The smallest absolute Gasteiger partial charge is 0.253 e. The number of carbonyl (C=O) groups excluding carboxylic acids is 2. The predicted octanol–water partition coefficient (Wildman–Crippen LogP) is 1.87. The van der Waals surface area contributed by atoms with E-state index in [1.165, 1.54) is 12.1 Å². The van der Waals surface area contributed by atoms with Crippen LogP contribution >= 0.6 is 0 Å². The van der Waals surface area contributed by atoms with Crippen LogP contribution in [0.25, 0.3) is 0 Å². The summed E-state index contributed by atoms with van der Waals surface area (Å²) < 4.78 is 25.1. The molecule has 0 unspecified atom stereocenters. The normalized spacial score (nSPS) is 24.4. The Morgan fingerprint density at radius 1 is 1.08 bits per heavy atom. The van der Waals surface area contributed by atoms with Gasteiger partial charge in [-0.2, -0.15) is 0 Å². The van der Waals surface area contributed by atoms with E-state index in [4.69, 9.17) is 0 Å². The van der Waals surface area contributed by atoms with Gasteiger partial charge in [0.25, 0.3) is 5.91 Å². The van der Waals surface area contributed by atoms with E-state index in [2.05, 4.69) is 6.92 Å². The highest BCUT2D eigenvalue weighted by Crippen LogP contribution is 2.28. The molecule has 2 heterocycles. The van der Waals surface area contributed by atoms with Crippen LogP contribution in [0.3, 0.4) is 0 Å². The van der Waals surface area contributed by atoms with Gasteiger partial charge in [0.2, 0.25) is 15.9 Å². The quantitative estimate of drug-likeness (QED) is 0.816. The molecular weight excluding hydrogens is 328 g/mol. The van der Waals surface area contributed by atoms with Crippen molar-refractivity contribution in [3.05, 3.63) is 29.8 Å². The Balaban J connectivity index is 1.79. The lowest BCUT2D eigenvalue weighted by Gasteiger charge is -2.30. The van der Waals surface area contributed by atoms with E-state index in [9.17, 15) is 18.0 Å². The van der Waals surface area contributed by atoms with Crippen LogP contribution in [0.4, 0.5) is 5.69 Å². The zero-order valence-electron chi connectivity index (χ0n) is 13.9. The summed E-state index contributed by atoms with van der Waals surface area (Å²) in [4.78, 5) is 26.4. The van der Waals surface area contributed by atoms with Gasteiger partial charge in [-0.3, -0.25) is 9.59 Å². The van der Waals surface area contributed by atoms with Crippen LogP contribution in [0.1, 0.15) is 37.0 Å². The SMILES string of the molecule is CC1CCN(C(=O)c2ccc(N3C(=O)[C@H](C)CS3(=O)=O)cc2)CC1. The highest BCUT2D eigenvalue weighted by molar-refractivity contribution is 7.94. The maximum Gasteiger partial charge on any atom is 0.253 e. The summed E-state index contributed by atoms with van der Waals surface area (Å²) in [5.41, 5.74) is 0.818. The second kappa shape index (κ2) is 6.20. The van der Waals surface area contributed by atoms with E-state index in [1.807, 2.05) is 4.90 Å². The van der Waals surface area contributed by atoms with Crippen molar-refractivity contribution in [1.29, 1.82) is 0 Å². The van der Waals surface area contributed by atoms with Gasteiger partial charge in [0.15, 0.2) is 0 Å². The summed E-state index contributed by atoms with van der Waals surface area (Å²) in [5, 5.41) is 0. The van der Waals surface area contributed by atoms with Gasteiger partial charge >= 0.3 is 0 Å². The average Bonchev–Trinajstić information content (AvgIpc) is 2.75. The first-order valence-electron chi connectivity index (χ1n) is 8.26. The topological polar surface area (TPSA) is 74.8 Å². The number of rotatable bonds is 2. The van der Waals surface area contributed by atoms with Crippen LogP contribution in [0.2, 0.25) is 0 Å². The third-order valence-corrected chi connectivity index (χ3v) is 6.65. The van der Waals surface area contributed by atoms with E-state index in [0.29, 0.717) is 17.2 Å². The highest BCUT2D eigenvalue weighted by atomic mass is 32.2. The molecule has 0 radical (unpaired) electrons. The number of sulfonamides is 1. The van der Waals surface area contributed by atoms with Gasteiger partial charge in [0.1, 0.15) is 0 Å². The van der Waals surface area contributed by atoms with Gasteiger partial charge in [-0.05, 0) is 43.0 Å². The molecule has 0 saturated carbocycles. The minimum absolute atomic E-state index is 0.0441. The Morgan fingerprint density at radius 2 is 1.67 bits per heavy atom. The van der Waals surface area contributed by atoms with Gasteiger partial charge in [-0.25, -0.2) is 12.7 Å². The van der Waals surface area contributed by atoms with Gasteiger partial charge in [0.05, 0.1) is 17.4 Å². The molecule has 2 aliphatic heterocycles. The number of likely N-dealkylation sites (tertiary alicyclic amines) is 1. The van der Waals surface area contributed by atoms with Crippen molar-refractivity contribution >= 4 is 27.5 Å². The maximum atomic E-state index is 12.5. The van der Waals surface area contributed by atoms with Crippen molar-refractivity contribution < 1.29 is 18.0 Å². The molecule has 1 aromatic rings. The summed E-state index contributed by atoms with van der Waals surface area (Å²) >= 11 is 0.